The third-order valence-electron chi connectivity index (χ3n) is 2.17. The van der Waals surface area contributed by atoms with Crippen molar-refractivity contribution >= 4 is 0 Å². The van der Waals surface area contributed by atoms with Crippen molar-refractivity contribution in [1.82, 2.24) is 5.32 Å². The fourth-order valence-corrected chi connectivity index (χ4v) is 1.32. The first kappa shape index (κ1) is 11.7. The molecule has 0 spiro atoms. The van der Waals surface area contributed by atoms with Gasteiger partial charge in [0.05, 0.1) is 38.6 Å². The molecule has 4 nitrogen and oxygen atoms in total. The molecule has 4 heteroatoms. The average Bonchev–Trinajstić information content (AvgIpc) is 2.58. The third-order valence-corrected chi connectivity index (χ3v) is 2.17. The van der Waals surface area contributed by atoms with Gasteiger partial charge in [0.25, 0.3) is 0 Å². The van der Waals surface area contributed by atoms with Gasteiger partial charge in [0.1, 0.15) is 0 Å². The van der Waals surface area contributed by atoms with Crippen LogP contribution >= 0.6 is 0 Å². The minimum atomic E-state index is -0.372. The average molecular weight is 201 g/mol. The molecule has 0 aromatic heterocycles. The predicted molar refractivity (Wildman–Crippen MR) is 54.2 cm³/mol. The van der Waals surface area contributed by atoms with Crippen LogP contribution in [0.4, 0.5) is 0 Å². The Labute approximate surface area is 84.9 Å². The van der Waals surface area contributed by atoms with E-state index in [1.165, 1.54) is 0 Å². The van der Waals surface area contributed by atoms with E-state index in [1.54, 1.807) is 0 Å². The Balaban J connectivity index is 1.90. The van der Waals surface area contributed by atoms with Crippen molar-refractivity contribution in [2.45, 2.75) is 18.6 Å². The van der Waals surface area contributed by atoms with Crippen molar-refractivity contribution in [2.24, 2.45) is 0 Å². The van der Waals surface area contributed by atoms with Crippen LogP contribution in [0.1, 0.15) is 6.42 Å². The normalized spacial score (nSPS) is 26.6. The van der Waals surface area contributed by atoms with E-state index in [1.807, 2.05) is 6.08 Å². The molecule has 1 fully saturated rings. The van der Waals surface area contributed by atoms with E-state index in [-0.39, 0.29) is 12.1 Å². The molecule has 0 aliphatic carbocycles. The van der Waals surface area contributed by atoms with Crippen LogP contribution in [0, 0.1) is 0 Å². The van der Waals surface area contributed by atoms with E-state index >= 15 is 0 Å². The second-order valence-electron chi connectivity index (χ2n) is 3.36. The van der Waals surface area contributed by atoms with Crippen LogP contribution in [-0.2, 0) is 9.47 Å². The maximum Gasteiger partial charge on any atom is 0.0948 e. The van der Waals surface area contributed by atoms with E-state index in [0.29, 0.717) is 19.8 Å². The Morgan fingerprint density at radius 2 is 2.36 bits per heavy atom. The molecule has 2 unspecified atom stereocenters. The minimum Gasteiger partial charge on any atom is -0.389 e. The summed E-state index contributed by atoms with van der Waals surface area (Å²) in [5.41, 5.74) is 0. The molecule has 2 atom stereocenters. The molecule has 0 aromatic carbocycles. The fourth-order valence-electron chi connectivity index (χ4n) is 1.32. The standard InChI is InChI=1S/C10H19NO3/c1-2-3-5-13-6-4-11-9-7-14-8-10(9)12/h2,9-12H,1,3-8H2. The van der Waals surface area contributed by atoms with Crippen LogP contribution in [0.3, 0.4) is 0 Å². The molecule has 0 bridgehead atoms. The maximum absolute atomic E-state index is 9.39. The molecule has 2 N–H and O–H groups in total. The first-order valence-corrected chi connectivity index (χ1v) is 5.02. The molecule has 1 aliphatic rings. The van der Waals surface area contributed by atoms with Crippen LogP contribution in [0.15, 0.2) is 12.7 Å². The van der Waals surface area contributed by atoms with Crippen molar-refractivity contribution in [3.63, 3.8) is 0 Å². The first-order valence-electron chi connectivity index (χ1n) is 5.02. The van der Waals surface area contributed by atoms with Crippen molar-refractivity contribution in [3.05, 3.63) is 12.7 Å². The zero-order valence-electron chi connectivity index (χ0n) is 8.45. The first-order chi connectivity index (χ1) is 6.84. The number of nitrogens with one attached hydrogen (secondary N) is 1. The lowest BCUT2D eigenvalue weighted by Crippen LogP contribution is -2.40. The summed E-state index contributed by atoms with van der Waals surface area (Å²) < 4.78 is 10.4. The maximum atomic E-state index is 9.39. The van der Waals surface area contributed by atoms with Crippen LogP contribution in [-0.4, -0.2) is 50.2 Å². The molecule has 0 radical (unpaired) electrons. The number of rotatable bonds is 7. The monoisotopic (exact) mass is 201 g/mol. The van der Waals surface area contributed by atoms with Crippen LogP contribution in [0.25, 0.3) is 0 Å². The summed E-state index contributed by atoms with van der Waals surface area (Å²) in [5, 5.41) is 12.6. The smallest absolute Gasteiger partial charge is 0.0948 e. The molecule has 1 saturated heterocycles. The highest BCUT2D eigenvalue weighted by Crippen LogP contribution is 2.04. The number of aliphatic hydroxyl groups excluding tert-OH is 1. The zero-order valence-corrected chi connectivity index (χ0v) is 8.45. The van der Waals surface area contributed by atoms with Gasteiger partial charge in [-0.15, -0.1) is 6.58 Å². The van der Waals surface area contributed by atoms with Crippen molar-refractivity contribution in [2.75, 3.05) is 33.0 Å². The lowest BCUT2D eigenvalue weighted by Gasteiger charge is -2.14. The van der Waals surface area contributed by atoms with Crippen LogP contribution in [0.2, 0.25) is 0 Å². The minimum absolute atomic E-state index is 0.0676. The largest absolute Gasteiger partial charge is 0.389 e. The van der Waals surface area contributed by atoms with Crippen LogP contribution in [0.5, 0.6) is 0 Å². The Bertz CT molecular complexity index is 163. The van der Waals surface area contributed by atoms with Gasteiger partial charge < -0.3 is 19.9 Å². The van der Waals surface area contributed by atoms with Gasteiger partial charge in [0.15, 0.2) is 0 Å². The summed E-state index contributed by atoms with van der Waals surface area (Å²) in [4.78, 5) is 0. The number of ether oxygens (including phenoxy) is 2. The van der Waals surface area contributed by atoms with Crippen molar-refractivity contribution in [3.8, 4) is 0 Å². The van der Waals surface area contributed by atoms with Crippen molar-refractivity contribution in [1.29, 1.82) is 0 Å². The molecule has 1 aliphatic heterocycles. The quantitative estimate of drug-likeness (QED) is 0.447. The lowest BCUT2D eigenvalue weighted by atomic mass is 10.2. The van der Waals surface area contributed by atoms with Gasteiger partial charge in [-0.2, -0.15) is 0 Å². The highest BCUT2D eigenvalue weighted by atomic mass is 16.5. The van der Waals surface area contributed by atoms with Gasteiger partial charge in [0, 0.05) is 6.54 Å². The summed E-state index contributed by atoms with van der Waals surface area (Å²) >= 11 is 0. The Morgan fingerprint density at radius 1 is 1.50 bits per heavy atom. The van der Waals surface area contributed by atoms with Gasteiger partial charge in [-0.25, -0.2) is 0 Å². The lowest BCUT2D eigenvalue weighted by molar-refractivity contribution is 0.116. The molecule has 0 amide bonds. The zero-order chi connectivity index (χ0) is 10.2. The van der Waals surface area contributed by atoms with Crippen LogP contribution < -0.4 is 5.32 Å². The number of hydrogen-bond acceptors (Lipinski definition) is 4. The van der Waals surface area contributed by atoms with E-state index < -0.39 is 0 Å². The van der Waals surface area contributed by atoms with Gasteiger partial charge in [0.2, 0.25) is 0 Å². The summed E-state index contributed by atoms with van der Waals surface area (Å²) in [7, 11) is 0. The number of hydrogen-bond donors (Lipinski definition) is 2. The second-order valence-corrected chi connectivity index (χ2v) is 3.36. The van der Waals surface area contributed by atoms with E-state index in [4.69, 9.17) is 9.47 Å². The molecular weight excluding hydrogens is 182 g/mol. The molecule has 1 rings (SSSR count). The highest BCUT2D eigenvalue weighted by Gasteiger charge is 2.24. The van der Waals surface area contributed by atoms with E-state index in [2.05, 4.69) is 11.9 Å². The van der Waals surface area contributed by atoms with Crippen molar-refractivity contribution < 1.29 is 14.6 Å². The topological polar surface area (TPSA) is 50.7 Å². The predicted octanol–water partition coefficient (Wildman–Crippen LogP) is -0.0716. The Kier molecular flexibility index (Phi) is 5.78. The van der Waals surface area contributed by atoms with Gasteiger partial charge in [-0.3, -0.25) is 0 Å². The molecule has 0 aromatic rings. The van der Waals surface area contributed by atoms with E-state index in [0.717, 1.165) is 19.6 Å². The molecular formula is C10H19NO3. The SMILES string of the molecule is C=CCCOCCNC1COCC1O. The Hall–Kier alpha value is -0.420. The third kappa shape index (κ3) is 4.19. The van der Waals surface area contributed by atoms with Gasteiger partial charge in [-0.1, -0.05) is 6.08 Å². The summed E-state index contributed by atoms with van der Waals surface area (Å²) in [5.74, 6) is 0. The molecule has 82 valence electrons. The molecule has 1 heterocycles. The summed E-state index contributed by atoms with van der Waals surface area (Å²) in [6.07, 6.45) is 2.35. The summed E-state index contributed by atoms with van der Waals surface area (Å²) in [6, 6.07) is 0.0676. The second kappa shape index (κ2) is 6.95. The van der Waals surface area contributed by atoms with E-state index in [9.17, 15) is 5.11 Å². The number of aliphatic hydroxyl groups is 1. The fraction of sp³-hybridized carbons (Fsp3) is 0.800. The van der Waals surface area contributed by atoms with Gasteiger partial charge in [-0.05, 0) is 6.42 Å². The Morgan fingerprint density at radius 3 is 3.00 bits per heavy atom. The molecule has 14 heavy (non-hydrogen) atoms. The highest BCUT2D eigenvalue weighted by molar-refractivity contribution is 4.80. The molecule has 0 saturated carbocycles. The summed E-state index contributed by atoms with van der Waals surface area (Å²) in [6.45, 7) is 6.77. The van der Waals surface area contributed by atoms with Gasteiger partial charge >= 0.3 is 0 Å².